The number of furan rings is 1. The van der Waals surface area contributed by atoms with Crippen molar-refractivity contribution in [3.05, 3.63) is 53.5 Å². The molecular formula is C23H26N4O4. The van der Waals surface area contributed by atoms with Crippen LogP contribution < -0.4 is 0 Å². The van der Waals surface area contributed by atoms with Crippen LogP contribution in [0.15, 0.2) is 40.9 Å². The smallest absolute Gasteiger partial charge is 0.290 e. The predicted octanol–water partition coefficient (Wildman–Crippen LogP) is 2.77. The fraction of sp³-hybridized carbons (Fsp3) is 0.435. The number of para-hydroxylation sites is 1. The molecule has 1 unspecified atom stereocenters. The van der Waals surface area contributed by atoms with E-state index in [0.717, 1.165) is 42.6 Å². The summed E-state index contributed by atoms with van der Waals surface area (Å²) in [4.78, 5) is 29.2. The van der Waals surface area contributed by atoms with Crippen LogP contribution in [0.5, 0.6) is 0 Å². The molecule has 0 N–H and O–H groups in total. The summed E-state index contributed by atoms with van der Waals surface area (Å²) >= 11 is 0. The Hall–Kier alpha value is -3.13. The molecule has 2 aliphatic heterocycles. The number of aryl methyl sites for hydroxylation is 1. The average molecular weight is 422 g/mol. The number of fused-ring (bicyclic) bond motifs is 2. The van der Waals surface area contributed by atoms with Crippen molar-refractivity contribution in [2.45, 2.75) is 32.4 Å². The number of benzene rings is 1. The number of carbonyl (C=O) groups is 2. The van der Waals surface area contributed by atoms with Crippen molar-refractivity contribution in [1.29, 1.82) is 0 Å². The number of hydrogen-bond acceptors (Lipinski definition) is 5. The highest BCUT2D eigenvalue weighted by Gasteiger charge is 2.32. The topological polar surface area (TPSA) is 80.8 Å². The second kappa shape index (κ2) is 8.19. The van der Waals surface area contributed by atoms with Crippen LogP contribution in [-0.4, -0.2) is 64.2 Å². The Bertz CT molecular complexity index is 1110. The molecule has 0 bridgehead atoms. The Kier molecular flexibility index (Phi) is 5.23. The molecule has 1 atom stereocenters. The third-order valence-corrected chi connectivity index (χ3v) is 6.20. The standard InChI is InChI=1S/C23H26N4O4/c1-16-19-6-2-3-7-20(19)31-22(16)23(29)26-12-17-8-9-24-27(17)18(13-26)14-30-15-21(28)25-10-4-5-11-25/h2-3,6-9,18H,4-5,10-15H2,1H3. The number of nitrogens with zero attached hydrogens (tertiary/aromatic N) is 4. The number of carbonyl (C=O) groups excluding carboxylic acids is 2. The summed E-state index contributed by atoms with van der Waals surface area (Å²) in [5, 5.41) is 5.36. The van der Waals surface area contributed by atoms with E-state index < -0.39 is 0 Å². The molecule has 2 aromatic heterocycles. The molecule has 2 amide bonds. The lowest BCUT2D eigenvalue weighted by molar-refractivity contribution is -0.135. The van der Waals surface area contributed by atoms with Gasteiger partial charge < -0.3 is 19.0 Å². The van der Waals surface area contributed by atoms with Crippen LogP contribution in [0.4, 0.5) is 0 Å². The van der Waals surface area contributed by atoms with E-state index in [9.17, 15) is 9.59 Å². The van der Waals surface area contributed by atoms with Crippen LogP contribution in [0.1, 0.15) is 40.7 Å². The average Bonchev–Trinajstić information content (AvgIpc) is 3.53. The predicted molar refractivity (Wildman–Crippen MR) is 114 cm³/mol. The number of amides is 2. The minimum absolute atomic E-state index is 0.0276. The summed E-state index contributed by atoms with van der Waals surface area (Å²) in [6.07, 6.45) is 3.85. The maximum absolute atomic E-state index is 13.3. The molecule has 4 heterocycles. The first-order valence-electron chi connectivity index (χ1n) is 10.8. The molecule has 162 valence electrons. The van der Waals surface area contributed by atoms with Gasteiger partial charge >= 0.3 is 0 Å². The van der Waals surface area contributed by atoms with E-state index in [-0.39, 0.29) is 24.5 Å². The molecule has 2 aliphatic rings. The van der Waals surface area contributed by atoms with Crippen molar-refractivity contribution in [2.75, 3.05) is 32.8 Å². The number of hydrogen-bond donors (Lipinski definition) is 0. The number of aromatic nitrogens is 2. The maximum atomic E-state index is 13.3. The third-order valence-electron chi connectivity index (χ3n) is 6.20. The van der Waals surface area contributed by atoms with E-state index in [1.165, 1.54) is 0 Å². The molecule has 0 saturated carbocycles. The first-order valence-corrected chi connectivity index (χ1v) is 10.8. The zero-order valence-electron chi connectivity index (χ0n) is 17.6. The first-order chi connectivity index (χ1) is 15.1. The Labute approximate surface area is 180 Å². The van der Waals surface area contributed by atoms with Crippen LogP contribution in [0.3, 0.4) is 0 Å². The van der Waals surface area contributed by atoms with Gasteiger partial charge in [0.25, 0.3) is 5.91 Å². The fourth-order valence-electron chi connectivity index (χ4n) is 4.53. The van der Waals surface area contributed by atoms with Gasteiger partial charge in [0.1, 0.15) is 12.2 Å². The third kappa shape index (κ3) is 3.72. The maximum Gasteiger partial charge on any atom is 0.290 e. The molecular weight excluding hydrogens is 396 g/mol. The Morgan fingerprint density at radius 1 is 1.16 bits per heavy atom. The minimum atomic E-state index is -0.154. The largest absolute Gasteiger partial charge is 0.451 e. The van der Waals surface area contributed by atoms with E-state index in [0.29, 0.717) is 31.0 Å². The van der Waals surface area contributed by atoms with Crippen molar-refractivity contribution in [3.8, 4) is 0 Å². The van der Waals surface area contributed by atoms with E-state index >= 15 is 0 Å². The van der Waals surface area contributed by atoms with E-state index in [2.05, 4.69) is 5.10 Å². The van der Waals surface area contributed by atoms with Crippen LogP contribution >= 0.6 is 0 Å². The fourth-order valence-corrected chi connectivity index (χ4v) is 4.53. The highest BCUT2D eigenvalue weighted by Crippen LogP contribution is 2.28. The zero-order valence-corrected chi connectivity index (χ0v) is 17.6. The van der Waals surface area contributed by atoms with Crippen molar-refractivity contribution in [3.63, 3.8) is 0 Å². The van der Waals surface area contributed by atoms with Crippen molar-refractivity contribution in [1.82, 2.24) is 19.6 Å². The molecule has 8 heteroatoms. The summed E-state index contributed by atoms with van der Waals surface area (Å²) in [5.74, 6) is 0.261. The Balaban J connectivity index is 1.30. The summed E-state index contributed by atoms with van der Waals surface area (Å²) < 4.78 is 13.6. The molecule has 0 aliphatic carbocycles. The van der Waals surface area contributed by atoms with Gasteiger partial charge in [0.05, 0.1) is 24.9 Å². The summed E-state index contributed by atoms with van der Waals surface area (Å²) in [7, 11) is 0. The van der Waals surface area contributed by atoms with E-state index in [1.807, 2.05) is 46.8 Å². The number of rotatable bonds is 5. The molecule has 1 aromatic carbocycles. The van der Waals surface area contributed by atoms with Gasteiger partial charge in [-0.3, -0.25) is 14.3 Å². The SMILES string of the molecule is Cc1c(C(=O)N2Cc3ccnn3C(COCC(=O)N3CCCC3)C2)oc2ccccc12. The van der Waals surface area contributed by atoms with Crippen molar-refractivity contribution >= 4 is 22.8 Å². The lowest BCUT2D eigenvalue weighted by atomic mass is 10.1. The van der Waals surface area contributed by atoms with Gasteiger partial charge in [0, 0.05) is 36.8 Å². The molecule has 0 radical (unpaired) electrons. The summed E-state index contributed by atoms with van der Waals surface area (Å²) in [5.41, 5.74) is 2.50. The number of ether oxygens (including phenoxy) is 1. The lowest BCUT2D eigenvalue weighted by Gasteiger charge is -2.33. The molecule has 1 saturated heterocycles. The highest BCUT2D eigenvalue weighted by molar-refractivity contribution is 5.99. The van der Waals surface area contributed by atoms with Crippen LogP contribution in [0, 0.1) is 6.92 Å². The van der Waals surface area contributed by atoms with Gasteiger partial charge in [-0.25, -0.2) is 0 Å². The van der Waals surface area contributed by atoms with Gasteiger partial charge in [-0.05, 0) is 31.9 Å². The molecule has 31 heavy (non-hydrogen) atoms. The van der Waals surface area contributed by atoms with Crippen molar-refractivity contribution in [2.24, 2.45) is 0 Å². The zero-order chi connectivity index (χ0) is 21.4. The second-order valence-corrected chi connectivity index (χ2v) is 8.26. The second-order valence-electron chi connectivity index (χ2n) is 8.26. The van der Waals surface area contributed by atoms with Crippen molar-refractivity contribution < 1.29 is 18.7 Å². The van der Waals surface area contributed by atoms with Crippen LogP contribution in [0.25, 0.3) is 11.0 Å². The molecule has 1 fully saturated rings. The minimum Gasteiger partial charge on any atom is -0.451 e. The number of likely N-dealkylation sites (tertiary alicyclic amines) is 1. The molecule has 5 rings (SSSR count). The quantitative estimate of drug-likeness (QED) is 0.632. The molecule has 3 aromatic rings. The van der Waals surface area contributed by atoms with Gasteiger partial charge in [-0.15, -0.1) is 0 Å². The van der Waals surface area contributed by atoms with Crippen LogP contribution in [0.2, 0.25) is 0 Å². The monoisotopic (exact) mass is 422 g/mol. The lowest BCUT2D eigenvalue weighted by Crippen LogP contribution is -2.43. The Morgan fingerprint density at radius 3 is 2.77 bits per heavy atom. The van der Waals surface area contributed by atoms with Gasteiger partial charge in [0.15, 0.2) is 5.76 Å². The summed E-state index contributed by atoms with van der Waals surface area (Å²) in [6, 6.07) is 9.43. The van der Waals surface area contributed by atoms with E-state index in [1.54, 1.807) is 11.1 Å². The first kappa shape index (κ1) is 19.8. The van der Waals surface area contributed by atoms with Gasteiger partial charge in [-0.1, -0.05) is 18.2 Å². The summed E-state index contributed by atoms with van der Waals surface area (Å²) in [6.45, 7) is 4.82. The van der Waals surface area contributed by atoms with Gasteiger partial charge in [0.2, 0.25) is 5.91 Å². The molecule has 0 spiro atoms. The Morgan fingerprint density at radius 2 is 1.97 bits per heavy atom. The van der Waals surface area contributed by atoms with Crippen LogP contribution in [-0.2, 0) is 16.1 Å². The normalized spacial score (nSPS) is 18.5. The van der Waals surface area contributed by atoms with Gasteiger partial charge in [-0.2, -0.15) is 5.10 Å². The van der Waals surface area contributed by atoms with E-state index in [4.69, 9.17) is 9.15 Å². The highest BCUT2D eigenvalue weighted by atomic mass is 16.5. The molecule has 8 nitrogen and oxygen atoms in total.